The number of imidazole rings is 1. The van der Waals surface area contributed by atoms with E-state index in [1.165, 1.54) is 43.2 Å². The van der Waals surface area contributed by atoms with Crippen LogP contribution >= 0.6 is 0 Å². The fraction of sp³-hybridized carbons (Fsp3) is 0.769. The molecule has 0 amide bonds. The summed E-state index contributed by atoms with van der Waals surface area (Å²) in [4.78, 5) is 4.52. The van der Waals surface area contributed by atoms with Crippen molar-refractivity contribution in [3.63, 3.8) is 0 Å². The van der Waals surface area contributed by atoms with Crippen molar-refractivity contribution in [2.45, 2.75) is 43.9 Å². The Morgan fingerprint density at radius 1 is 1.12 bits per heavy atom. The Hall–Kier alpha value is -1.19. The van der Waals surface area contributed by atoms with E-state index in [0.29, 0.717) is 5.82 Å². The highest BCUT2D eigenvalue weighted by Crippen LogP contribution is 2.61. The van der Waals surface area contributed by atoms with Gasteiger partial charge in [0.25, 0.3) is 0 Å². The van der Waals surface area contributed by atoms with Gasteiger partial charge in [-0.25, -0.2) is 9.66 Å². The summed E-state index contributed by atoms with van der Waals surface area (Å²) in [5.41, 5.74) is 7.46. The van der Waals surface area contributed by atoms with Gasteiger partial charge in [-0.2, -0.15) is 0 Å². The van der Waals surface area contributed by atoms with Gasteiger partial charge in [0.1, 0.15) is 12.1 Å². The Morgan fingerprint density at radius 2 is 1.65 bits per heavy atom. The second-order valence-electron chi connectivity index (χ2n) is 6.58. The van der Waals surface area contributed by atoms with Gasteiger partial charge in [0, 0.05) is 5.41 Å². The summed E-state index contributed by atoms with van der Waals surface area (Å²) < 4.78 is 1.48. The first-order valence-corrected chi connectivity index (χ1v) is 6.75. The van der Waals surface area contributed by atoms with Crippen LogP contribution in [0.2, 0.25) is 0 Å². The van der Waals surface area contributed by atoms with Crippen molar-refractivity contribution < 1.29 is 0 Å². The molecule has 92 valence electrons. The molecule has 0 atom stereocenters. The van der Waals surface area contributed by atoms with Crippen molar-refractivity contribution in [3.05, 3.63) is 12.0 Å². The molecule has 4 nitrogen and oxygen atoms in total. The average Bonchev–Trinajstić information content (AvgIpc) is 2.58. The smallest absolute Gasteiger partial charge is 0.146 e. The molecule has 4 saturated carbocycles. The predicted octanol–water partition coefficient (Wildman–Crippen LogP) is 1.65. The van der Waals surface area contributed by atoms with Gasteiger partial charge in [-0.1, -0.05) is 0 Å². The van der Waals surface area contributed by atoms with Crippen LogP contribution in [-0.2, 0) is 5.41 Å². The van der Waals surface area contributed by atoms with Gasteiger partial charge in [0.05, 0.1) is 5.69 Å². The van der Waals surface area contributed by atoms with Crippen LogP contribution in [0.25, 0.3) is 0 Å². The number of hydrogen-bond acceptors (Lipinski definition) is 3. The van der Waals surface area contributed by atoms with Gasteiger partial charge in [-0.05, 0) is 56.3 Å². The molecule has 4 aliphatic rings. The Balaban J connectivity index is 1.80. The molecule has 4 aliphatic carbocycles. The van der Waals surface area contributed by atoms with Gasteiger partial charge in [-0.3, -0.25) is 0 Å². The summed E-state index contributed by atoms with van der Waals surface area (Å²) in [5.74, 6) is 9.24. The number of aromatic nitrogens is 2. The highest BCUT2D eigenvalue weighted by molar-refractivity contribution is 5.43. The molecule has 4 fully saturated rings. The van der Waals surface area contributed by atoms with Gasteiger partial charge in [-0.15, -0.1) is 0 Å². The largest absolute Gasteiger partial charge is 0.382 e. The third kappa shape index (κ3) is 1.21. The number of nitrogens with two attached hydrogens (primary N) is 2. The maximum atomic E-state index is 6.10. The van der Waals surface area contributed by atoms with Gasteiger partial charge in [0.15, 0.2) is 0 Å². The Labute approximate surface area is 101 Å². The van der Waals surface area contributed by atoms with Crippen LogP contribution in [0.5, 0.6) is 0 Å². The summed E-state index contributed by atoms with van der Waals surface area (Å²) in [5, 5.41) is 0. The summed E-state index contributed by atoms with van der Waals surface area (Å²) in [6, 6.07) is 0. The summed E-state index contributed by atoms with van der Waals surface area (Å²) >= 11 is 0. The lowest BCUT2D eigenvalue weighted by atomic mass is 9.49. The standard InChI is InChI=1S/C13H20N4/c14-12-11(16-7-17(12)15)13-4-8-1-9(5-13)3-10(2-8)6-13/h7-10H,1-6,14-15H2. The highest BCUT2D eigenvalue weighted by Gasteiger charge is 2.53. The van der Waals surface area contributed by atoms with Gasteiger partial charge >= 0.3 is 0 Å². The summed E-state index contributed by atoms with van der Waals surface area (Å²) in [7, 11) is 0. The number of nitrogens with zero attached hydrogens (tertiary/aromatic N) is 2. The van der Waals surface area contributed by atoms with E-state index in [4.69, 9.17) is 11.6 Å². The Morgan fingerprint density at radius 3 is 2.06 bits per heavy atom. The van der Waals surface area contributed by atoms with E-state index >= 15 is 0 Å². The van der Waals surface area contributed by atoms with E-state index in [1.807, 2.05) is 0 Å². The van der Waals surface area contributed by atoms with Crippen LogP contribution in [-0.4, -0.2) is 9.66 Å². The van der Waals surface area contributed by atoms with E-state index in [-0.39, 0.29) is 5.41 Å². The monoisotopic (exact) mass is 232 g/mol. The lowest BCUT2D eigenvalue weighted by Crippen LogP contribution is -2.49. The minimum atomic E-state index is 0.267. The van der Waals surface area contributed by atoms with Crippen molar-refractivity contribution in [2.75, 3.05) is 11.6 Å². The number of nitrogen functional groups attached to an aromatic ring is 2. The van der Waals surface area contributed by atoms with Crippen LogP contribution in [0.4, 0.5) is 5.82 Å². The maximum absolute atomic E-state index is 6.10. The first kappa shape index (κ1) is 9.80. The van der Waals surface area contributed by atoms with Crippen molar-refractivity contribution in [1.29, 1.82) is 0 Å². The molecule has 0 saturated heterocycles. The zero-order valence-corrected chi connectivity index (χ0v) is 10.1. The fourth-order valence-corrected chi connectivity index (χ4v) is 5.18. The first-order valence-electron chi connectivity index (χ1n) is 6.75. The summed E-state index contributed by atoms with van der Waals surface area (Å²) in [6.07, 6.45) is 9.89. The Bertz CT molecular complexity index is 427. The van der Waals surface area contributed by atoms with E-state index < -0.39 is 0 Å². The molecule has 4 N–H and O–H groups in total. The third-order valence-corrected chi connectivity index (χ3v) is 5.37. The molecule has 1 heterocycles. The molecule has 17 heavy (non-hydrogen) atoms. The molecule has 1 aromatic rings. The Kier molecular flexibility index (Phi) is 1.72. The molecule has 4 bridgehead atoms. The molecule has 4 heteroatoms. The van der Waals surface area contributed by atoms with Gasteiger partial charge in [0.2, 0.25) is 0 Å². The number of hydrogen-bond donors (Lipinski definition) is 2. The fourth-order valence-electron chi connectivity index (χ4n) is 5.18. The first-order chi connectivity index (χ1) is 8.16. The maximum Gasteiger partial charge on any atom is 0.146 e. The lowest BCUT2D eigenvalue weighted by molar-refractivity contribution is -0.00666. The number of rotatable bonds is 1. The van der Waals surface area contributed by atoms with Crippen LogP contribution in [0.15, 0.2) is 6.33 Å². The van der Waals surface area contributed by atoms with E-state index in [2.05, 4.69) is 4.98 Å². The SMILES string of the molecule is Nc1c(C23CC4CC(CC(C4)C2)C3)ncn1N. The van der Waals surface area contributed by atoms with Crippen molar-refractivity contribution in [1.82, 2.24) is 9.66 Å². The minimum absolute atomic E-state index is 0.267. The molecule has 0 spiro atoms. The molecule has 0 unspecified atom stereocenters. The van der Waals surface area contributed by atoms with E-state index in [9.17, 15) is 0 Å². The zero-order valence-electron chi connectivity index (χ0n) is 10.1. The molecular weight excluding hydrogens is 212 g/mol. The second kappa shape index (κ2) is 2.98. The van der Waals surface area contributed by atoms with Crippen LogP contribution < -0.4 is 11.6 Å². The second-order valence-corrected chi connectivity index (χ2v) is 6.58. The summed E-state index contributed by atoms with van der Waals surface area (Å²) in [6.45, 7) is 0. The molecule has 0 aromatic carbocycles. The van der Waals surface area contributed by atoms with Crippen LogP contribution in [0, 0.1) is 17.8 Å². The minimum Gasteiger partial charge on any atom is -0.382 e. The molecule has 5 rings (SSSR count). The van der Waals surface area contributed by atoms with Gasteiger partial charge < -0.3 is 11.6 Å². The van der Waals surface area contributed by atoms with Crippen LogP contribution in [0.1, 0.15) is 44.2 Å². The van der Waals surface area contributed by atoms with E-state index in [1.54, 1.807) is 6.33 Å². The average molecular weight is 232 g/mol. The van der Waals surface area contributed by atoms with Crippen molar-refractivity contribution >= 4 is 5.82 Å². The van der Waals surface area contributed by atoms with Crippen LogP contribution in [0.3, 0.4) is 0 Å². The zero-order chi connectivity index (χ0) is 11.6. The van der Waals surface area contributed by atoms with E-state index in [0.717, 1.165) is 23.4 Å². The topological polar surface area (TPSA) is 69.9 Å². The lowest BCUT2D eigenvalue weighted by Gasteiger charge is -2.56. The molecule has 1 aromatic heterocycles. The molecular formula is C13H20N4. The quantitative estimate of drug-likeness (QED) is 0.723. The molecule has 0 radical (unpaired) electrons. The predicted molar refractivity (Wildman–Crippen MR) is 66.6 cm³/mol. The normalized spacial score (nSPS) is 43.2. The number of anilines is 1. The highest BCUT2D eigenvalue weighted by atomic mass is 15.3. The van der Waals surface area contributed by atoms with Crippen molar-refractivity contribution in [3.8, 4) is 0 Å². The molecule has 0 aliphatic heterocycles. The third-order valence-electron chi connectivity index (χ3n) is 5.37. The van der Waals surface area contributed by atoms with Crippen molar-refractivity contribution in [2.24, 2.45) is 17.8 Å².